The molecule has 2 bridgehead atoms. The first-order valence-electron chi connectivity index (χ1n) is 13.0. The number of carbonyl (C=O) groups excluding carboxylic acids is 2. The minimum Gasteiger partial charge on any atom is -0.445 e. The van der Waals surface area contributed by atoms with Crippen molar-refractivity contribution in [2.45, 2.75) is 97.5 Å². The number of amides is 2. The van der Waals surface area contributed by atoms with E-state index in [0.717, 1.165) is 12.0 Å². The third-order valence-corrected chi connectivity index (χ3v) is 8.53. The van der Waals surface area contributed by atoms with Gasteiger partial charge in [-0.15, -0.1) is 0 Å². The molecule has 1 aliphatic heterocycles. The third kappa shape index (κ3) is 5.10. The van der Waals surface area contributed by atoms with Crippen LogP contribution in [0.1, 0.15) is 73.3 Å². The maximum absolute atomic E-state index is 13.3. The molecular formula is C27H41BN2O5. The van der Waals surface area contributed by atoms with Crippen LogP contribution in [-0.2, 0) is 25.4 Å². The normalized spacial score (nSPS) is 29.7. The molecule has 0 unspecified atom stereocenters. The van der Waals surface area contributed by atoms with E-state index in [1.165, 1.54) is 6.42 Å². The molecule has 8 heteroatoms. The lowest BCUT2D eigenvalue weighted by molar-refractivity contribution is -0.199. The molecule has 0 radical (unpaired) electrons. The van der Waals surface area contributed by atoms with Crippen molar-refractivity contribution in [2.24, 2.45) is 23.2 Å². The summed E-state index contributed by atoms with van der Waals surface area (Å²) in [5.74, 6) is 0.844. The van der Waals surface area contributed by atoms with E-state index in [4.69, 9.17) is 14.0 Å². The molecule has 4 fully saturated rings. The highest BCUT2D eigenvalue weighted by Crippen LogP contribution is 2.65. The van der Waals surface area contributed by atoms with Crippen molar-refractivity contribution in [1.29, 1.82) is 0 Å². The van der Waals surface area contributed by atoms with Crippen molar-refractivity contribution in [3.8, 4) is 0 Å². The standard InChI is InChI=1S/C27H41BN2O5/c1-17(2)13-22(28-34-21-15-19-14-20(25(19,3)4)27(21,7)35-28)29-23(31)26(5,6)30-24(32)33-16-18-11-9-8-10-12-18/h8-12,17,19-22H,13-16H2,1-7H3,(H,29,31)(H,30,32)/t19-,20-,21+,22-,27-/m0/s1. The van der Waals surface area contributed by atoms with Gasteiger partial charge in [-0.05, 0) is 68.8 Å². The van der Waals surface area contributed by atoms with Crippen molar-refractivity contribution in [3.63, 3.8) is 0 Å². The van der Waals surface area contributed by atoms with Gasteiger partial charge in [0.05, 0.1) is 17.6 Å². The first-order chi connectivity index (χ1) is 16.3. The van der Waals surface area contributed by atoms with Crippen LogP contribution < -0.4 is 10.6 Å². The Bertz CT molecular complexity index is 937. The smallest absolute Gasteiger partial charge is 0.445 e. The predicted octanol–water partition coefficient (Wildman–Crippen LogP) is 4.49. The second-order valence-corrected chi connectivity index (χ2v) is 12.4. The van der Waals surface area contributed by atoms with Gasteiger partial charge in [-0.1, -0.05) is 58.0 Å². The fourth-order valence-electron chi connectivity index (χ4n) is 6.24. The monoisotopic (exact) mass is 484 g/mol. The van der Waals surface area contributed by atoms with Crippen molar-refractivity contribution >= 4 is 19.1 Å². The third-order valence-electron chi connectivity index (χ3n) is 8.53. The van der Waals surface area contributed by atoms with E-state index in [1.807, 2.05) is 30.3 Å². The van der Waals surface area contributed by atoms with Gasteiger partial charge in [0.2, 0.25) is 5.91 Å². The zero-order valence-corrected chi connectivity index (χ0v) is 22.2. The number of rotatable bonds is 8. The summed E-state index contributed by atoms with van der Waals surface area (Å²) in [6, 6.07) is 9.44. The van der Waals surface area contributed by atoms with E-state index in [-0.39, 0.29) is 35.6 Å². The zero-order chi connectivity index (χ0) is 25.6. The van der Waals surface area contributed by atoms with Gasteiger partial charge in [0, 0.05) is 0 Å². The second-order valence-electron chi connectivity index (χ2n) is 12.4. The summed E-state index contributed by atoms with van der Waals surface area (Å²) < 4.78 is 18.4. The highest BCUT2D eigenvalue weighted by Gasteiger charge is 2.68. The number of ether oxygens (including phenoxy) is 1. The molecule has 5 atom stereocenters. The summed E-state index contributed by atoms with van der Waals surface area (Å²) in [5.41, 5.74) is -0.361. The fraction of sp³-hybridized carbons (Fsp3) is 0.704. The van der Waals surface area contributed by atoms with E-state index in [2.05, 4.69) is 45.3 Å². The molecule has 1 saturated heterocycles. The van der Waals surface area contributed by atoms with E-state index >= 15 is 0 Å². The van der Waals surface area contributed by atoms with Crippen LogP contribution in [0.2, 0.25) is 0 Å². The zero-order valence-electron chi connectivity index (χ0n) is 22.2. The van der Waals surface area contributed by atoms with Gasteiger partial charge >= 0.3 is 13.2 Å². The van der Waals surface area contributed by atoms with Crippen LogP contribution >= 0.6 is 0 Å². The molecule has 2 amide bonds. The van der Waals surface area contributed by atoms with Crippen LogP contribution in [0.4, 0.5) is 4.79 Å². The highest BCUT2D eigenvalue weighted by atomic mass is 16.7. The van der Waals surface area contributed by atoms with Crippen molar-refractivity contribution in [3.05, 3.63) is 35.9 Å². The minimum absolute atomic E-state index is 0.0509. The predicted molar refractivity (Wildman–Crippen MR) is 135 cm³/mol. The number of hydrogen-bond acceptors (Lipinski definition) is 5. The van der Waals surface area contributed by atoms with Gasteiger partial charge in [0.15, 0.2) is 0 Å². The Morgan fingerprint density at radius 1 is 1.17 bits per heavy atom. The van der Waals surface area contributed by atoms with Gasteiger partial charge in [-0.2, -0.15) is 0 Å². The van der Waals surface area contributed by atoms with E-state index in [9.17, 15) is 9.59 Å². The molecule has 1 aromatic carbocycles. The Balaban J connectivity index is 1.38. The van der Waals surface area contributed by atoms with Crippen LogP contribution in [0, 0.1) is 23.2 Å². The molecule has 1 aromatic rings. The SMILES string of the molecule is CC(C)C[C@H](NC(=O)C(C)(C)NC(=O)OCc1ccccc1)B1O[C@@H]2C[C@@H]3C[C@@H](C3(C)C)[C@]2(C)O1. The number of alkyl carbamates (subject to hydrolysis) is 1. The molecule has 7 nitrogen and oxygen atoms in total. The first-order valence-corrected chi connectivity index (χ1v) is 13.0. The Kier molecular flexibility index (Phi) is 7.01. The molecule has 35 heavy (non-hydrogen) atoms. The molecule has 3 saturated carbocycles. The molecule has 4 aliphatic rings. The second kappa shape index (κ2) is 9.43. The molecule has 0 spiro atoms. The Labute approximate surface area is 210 Å². The summed E-state index contributed by atoms with van der Waals surface area (Å²) in [4.78, 5) is 25.7. The maximum atomic E-state index is 13.3. The van der Waals surface area contributed by atoms with Crippen molar-refractivity contribution in [1.82, 2.24) is 10.6 Å². The molecule has 5 rings (SSSR count). The van der Waals surface area contributed by atoms with Crippen LogP contribution in [0.25, 0.3) is 0 Å². The van der Waals surface area contributed by atoms with Crippen LogP contribution in [0.3, 0.4) is 0 Å². The molecule has 1 heterocycles. The number of hydrogen-bond donors (Lipinski definition) is 2. The van der Waals surface area contributed by atoms with E-state index in [0.29, 0.717) is 24.2 Å². The molecule has 3 aliphatic carbocycles. The Morgan fingerprint density at radius 3 is 2.49 bits per heavy atom. The van der Waals surface area contributed by atoms with Crippen LogP contribution in [0.5, 0.6) is 0 Å². The lowest BCUT2D eigenvalue weighted by Crippen LogP contribution is -2.65. The molecule has 2 N–H and O–H groups in total. The lowest BCUT2D eigenvalue weighted by atomic mass is 9.43. The summed E-state index contributed by atoms with van der Waals surface area (Å²) in [5, 5.41) is 5.83. The summed E-state index contributed by atoms with van der Waals surface area (Å²) >= 11 is 0. The van der Waals surface area contributed by atoms with Crippen LogP contribution in [-0.4, -0.2) is 42.3 Å². The van der Waals surface area contributed by atoms with Gasteiger partial charge in [-0.3, -0.25) is 4.79 Å². The Morgan fingerprint density at radius 2 is 1.86 bits per heavy atom. The summed E-state index contributed by atoms with van der Waals surface area (Å²) in [7, 11) is -0.507. The topological polar surface area (TPSA) is 85.9 Å². The lowest BCUT2D eigenvalue weighted by Gasteiger charge is -2.64. The molecule has 192 valence electrons. The summed E-state index contributed by atoms with van der Waals surface area (Å²) in [6.07, 6.45) is 2.31. The molecular weight excluding hydrogens is 443 g/mol. The van der Waals surface area contributed by atoms with E-state index in [1.54, 1.807) is 13.8 Å². The summed E-state index contributed by atoms with van der Waals surface area (Å²) in [6.45, 7) is 14.6. The average Bonchev–Trinajstić information content (AvgIpc) is 3.14. The number of carbonyl (C=O) groups is 2. The quantitative estimate of drug-likeness (QED) is 0.531. The van der Waals surface area contributed by atoms with E-state index < -0.39 is 18.8 Å². The molecule has 0 aromatic heterocycles. The van der Waals surface area contributed by atoms with Gasteiger partial charge in [-0.25, -0.2) is 4.79 Å². The van der Waals surface area contributed by atoms with Gasteiger partial charge in [0.25, 0.3) is 0 Å². The minimum atomic E-state index is -1.16. The highest BCUT2D eigenvalue weighted by molar-refractivity contribution is 6.48. The average molecular weight is 484 g/mol. The van der Waals surface area contributed by atoms with Crippen molar-refractivity contribution < 1.29 is 23.6 Å². The maximum Gasteiger partial charge on any atom is 0.481 e. The number of nitrogens with one attached hydrogen (secondary N) is 2. The van der Waals surface area contributed by atoms with Gasteiger partial charge in [0.1, 0.15) is 12.1 Å². The Hall–Kier alpha value is -2.06. The van der Waals surface area contributed by atoms with Crippen LogP contribution in [0.15, 0.2) is 30.3 Å². The fourth-order valence-corrected chi connectivity index (χ4v) is 6.24. The number of benzene rings is 1. The van der Waals surface area contributed by atoms with Crippen molar-refractivity contribution in [2.75, 3.05) is 0 Å². The first kappa shape index (κ1) is 26.0. The largest absolute Gasteiger partial charge is 0.481 e. The van der Waals surface area contributed by atoms with Gasteiger partial charge < -0.3 is 24.7 Å².